The summed E-state index contributed by atoms with van der Waals surface area (Å²) >= 11 is 0. The standard InChI is InChI=1S/C15H21F3N2/c1-11-5-8-20(9-6-11)13-3-2-12(4-7-19)14(10-13)15(16,17)18/h2-3,10-11H,4-9,19H2,1H3. The van der Waals surface area contributed by atoms with Crippen molar-refractivity contribution in [3.05, 3.63) is 29.3 Å². The quantitative estimate of drug-likeness (QED) is 0.922. The van der Waals surface area contributed by atoms with Crippen LogP contribution in [0.3, 0.4) is 0 Å². The van der Waals surface area contributed by atoms with E-state index in [1.165, 1.54) is 6.07 Å². The molecule has 0 amide bonds. The van der Waals surface area contributed by atoms with E-state index in [-0.39, 0.29) is 18.5 Å². The molecule has 0 aliphatic carbocycles. The molecule has 0 unspecified atom stereocenters. The molecule has 1 aliphatic heterocycles. The summed E-state index contributed by atoms with van der Waals surface area (Å²) in [6.45, 7) is 4.07. The van der Waals surface area contributed by atoms with Gasteiger partial charge in [-0.2, -0.15) is 13.2 Å². The summed E-state index contributed by atoms with van der Waals surface area (Å²) in [6.07, 6.45) is -1.99. The van der Waals surface area contributed by atoms with Gasteiger partial charge in [-0.1, -0.05) is 13.0 Å². The summed E-state index contributed by atoms with van der Waals surface area (Å²) in [5.74, 6) is 0.657. The maximum absolute atomic E-state index is 13.1. The van der Waals surface area contributed by atoms with E-state index >= 15 is 0 Å². The van der Waals surface area contributed by atoms with Gasteiger partial charge in [0.25, 0.3) is 0 Å². The van der Waals surface area contributed by atoms with Gasteiger partial charge < -0.3 is 10.6 Å². The molecule has 1 aromatic rings. The lowest BCUT2D eigenvalue weighted by Crippen LogP contribution is -2.33. The van der Waals surface area contributed by atoms with Crippen molar-refractivity contribution in [3.8, 4) is 0 Å². The number of rotatable bonds is 3. The number of benzene rings is 1. The Morgan fingerprint density at radius 3 is 2.45 bits per heavy atom. The van der Waals surface area contributed by atoms with Gasteiger partial charge in [-0.25, -0.2) is 0 Å². The molecule has 1 saturated heterocycles. The van der Waals surface area contributed by atoms with Gasteiger partial charge in [0, 0.05) is 18.8 Å². The molecule has 5 heteroatoms. The van der Waals surface area contributed by atoms with E-state index in [1.54, 1.807) is 12.1 Å². The van der Waals surface area contributed by atoms with E-state index in [2.05, 4.69) is 6.92 Å². The lowest BCUT2D eigenvalue weighted by Gasteiger charge is -2.32. The van der Waals surface area contributed by atoms with E-state index in [9.17, 15) is 13.2 Å². The first-order chi connectivity index (χ1) is 9.41. The number of piperidine rings is 1. The number of nitrogens with zero attached hydrogens (tertiary/aromatic N) is 1. The number of nitrogens with two attached hydrogens (primary N) is 1. The van der Waals surface area contributed by atoms with Crippen molar-refractivity contribution in [1.82, 2.24) is 0 Å². The Hall–Kier alpha value is -1.23. The molecule has 1 fully saturated rings. The fourth-order valence-corrected chi connectivity index (χ4v) is 2.67. The smallest absolute Gasteiger partial charge is 0.372 e. The van der Waals surface area contributed by atoms with Crippen LogP contribution in [0.1, 0.15) is 30.9 Å². The van der Waals surface area contributed by atoms with Crippen LogP contribution in [0, 0.1) is 5.92 Å². The van der Waals surface area contributed by atoms with Gasteiger partial charge in [-0.05, 0) is 49.4 Å². The van der Waals surface area contributed by atoms with Crippen LogP contribution in [0.2, 0.25) is 0 Å². The lowest BCUT2D eigenvalue weighted by atomic mass is 9.97. The maximum Gasteiger partial charge on any atom is 0.416 e. The van der Waals surface area contributed by atoms with Crippen LogP contribution < -0.4 is 10.6 Å². The zero-order chi connectivity index (χ0) is 14.8. The molecule has 0 atom stereocenters. The Bertz CT molecular complexity index is 449. The van der Waals surface area contributed by atoms with Gasteiger partial charge >= 0.3 is 6.18 Å². The van der Waals surface area contributed by atoms with Crippen LogP contribution in [0.5, 0.6) is 0 Å². The highest BCUT2D eigenvalue weighted by Crippen LogP contribution is 2.35. The minimum atomic E-state index is -4.32. The van der Waals surface area contributed by atoms with Gasteiger partial charge in [0.1, 0.15) is 0 Å². The highest BCUT2D eigenvalue weighted by atomic mass is 19.4. The molecule has 0 aromatic heterocycles. The van der Waals surface area contributed by atoms with Gasteiger partial charge in [-0.15, -0.1) is 0 Å². The second-order valence-electron chi connectivity index (χ2n) is 5.55. The van der Waals surface area contributed by atoms with Crippen molar-refractivity contribution in [2.45, 2.75) is 32.4 Å². The van der Waals surface area contributed by atoms with Crippen LogP contribution in [0.15, 0.2) is 18.2 Å². The number of halogens is 3. The first kappa shape index (κ1) is 15.2. The largest absolute Gasteiger partial charge is 0.416 e. The van der Waals surface area contributed by atoms with Gasteiger partial charge in [0.05, 0.1) is 5.56 Å². The SMILES string of the molecule is CC1CCN(c2ccc(CCN)c(C(F)(F)F)c2)CC1. The molecule has 112 valence electrons. The second kappa shape index (κ2) is 6.04. The fourth-order valence-electron chi connectivity index (χ4n) is 2.67. The van der Waals surface area contributed by atoms with Gasteiger partial charge in [0.2, 0.25) is 0 Å². The van der Waals surface area contributed by atoms with E-state index in [1.807, 2.05) is 4.90 Å². The van der Waals surface area contributed by atoms with Gasteiger partial charge in [-0.3, -0.25) is 0 Å². The van der Waals surface area contributed by atoms with Crippen molar-refractivity contribution in [2.75, 3.05) is 24.5 Å². The molecule has 1 aliphatic rings. The topological polar surface area (TPSA) is 29.3 Å². The molecule has 0 bridgehead atoms. The normalized spacial score (nSPS) is 17.6. The highest BCUT2D eigenvalue weighted by Gasteiger charge is 2.33. The molecule has 0 spiro atoms. The summed E-state index contributed by atoms with van der Waals surface area (Å²) in [5.41, 5.74) is 5.81. The molecular weight excluding hydrogens is 265 g/mol. The number of hydrogen-bond donors (Lipinski definition) is 1. The Morgan fingerprint density at radius 1 is 1.25 bits per heavy atom. The van der Waals surface area contributed by atoms with E-state index in [0.29, 0.717) is 11.6 Å². The van der Waals surface area contributed by atoms with Crippen LogP contribution in [0.4, 0.5) is 18.9 Å². The minimum absolute atomic E-state index is 0.226. The third kappa shape index (κ3) is 3.45. The van der Waals surface area contributed by atoms with Crippen molar-refractivity contribution in [1.29, 1.82) is 0 Å². The predicted molar refractivity (Wildman–Crippen MR) is 74.8 cm³/mol. The Kier molecular flexibility index (Phi) is 4.58. The van der Waals surface area contributed by atoms with E-state index < -0.39 is 11.7 Å². The third-order valence-electron chi connectivity index (χ3n) is 3.96. The molecule has 0 saturated carbocycles. The average molecular weight is 286 g/mol. The lowest BCUT2D eigenvalue weighted by molar-refractivity contribution is -0.138. The monoisotopic (exact) mass is 286 g/mol. The molecule has 1 aromatic carbocycles. The predicted octanol–water partition coefficient (Wildman–Crippen LogP) is 3.44. The molecule has 0 radical (unpaired) electrons. The van der Waals surface area contributed by atoms with Crippen LogP contribution in [-0.2, 0) is 12.6 Å². The zero-order valence-electron chi connectivity index (χ0n) is 11.7. The highest BCUT2D eigenvalue weighted by molar-refractivity contribution is 5.52. The Morgan fingerprint density at radius 2 is 1.90 bits per heavy atom. The fraction of sp³-hybridized carbons (Fsp3) is 0.600. The molecular formula is C15H21F3N2. The zero-order valence-corrected chi connectivity index (χ0v) is 11.7. The first-order valence-electron chi connectivity index (χ1n) is 7.07. The number of hydrogen-bond acceptors (Lipinski definition) is 2. The van der Waals surface area contributed by atoms with Crippen molar-refractivity contribution >= 4 is 5.69 Å². The number of anilines is 1. The third-order valence-corrected chi connectivity index (χ3v) is 3.96. The van der Waals surface area contributed by atoms with Crippen molar-refractivity contribution in [3.63, 3.8) is 0 Å². The Labute approximate surface area is 117 Å². The first-order valence-corrected chi connectivity index (χ1v) is 7.07. The van der Waals surface area contributed by atoms with E-state index in [4.69, 9.17) is 5.73 Å². The second-order valence-corrected chi connectivity index (χ2v) is 5.55. The number of alkyl halides is 3. The Balaban J connectivity index is 2.27. The summed E-state index contributed by atoms with van der Waals surface area (Å²) in [5, 5.41) is 0. The molecule has 20 heavy (non-hydrogen) atoms. The minimum Gasteiger partial charge on any atom is -0.372 e. The van der Waals surface area contributed by atoms with Crippen LogP contribution >= 0.6 is 0 Å². The summed E-state index contributed by atoms with van der Waals surface area (Å²) in [6, 6.07) is 4.64. The van der Waals surface area contributed by atoms with Crippen molar-refractivity contribution in [2.24, 2.45) is 11.7 Å². The van der Waals surface area contributed by atoms with E-state index in [0.717, 1.165) is 25.9 Å². The molecule has 2 N–H and O–H groups in total. The molecule has 1 heterocycles. The van der Waals surface area contributed by atoms with Gasteiger partial charge in [0.15, 0.2) is 0 Å². The molecule has 2 rings (SSSR count). The summed E-state index contributed by atoms with van der Waals surface area (Å²) in [7, 11) is 0. The summed E-state index contributed by atoms with van der Waals surface area (Å²) < 4.78 is 39.4. The van der Waals surface area contributed by atoms with Crippen LogP contribution in [-0.4, -0.2) is 19.6 Å². The molecule has 2 nitrogen and oxygen atoms in total. The average Bonchev–Trinajstić information content (AvgIpc) is 2.39. The summed E-state index contributed by atoms with van der Waals surface area (Å²) in [4.78, 5) is 2.04. The van der Waals surface area contributed by atoms with Crippen molar-refractivity contribution < 1.29 is 13.2 Å². The maximum atomic E-state index is 13.1. The van der Waals surface area contributed by atoms with Crippen LogP contribution in [0.25, 0.3) is 0 Å².